The molecule has 3 aliphatic heterocycles. The van der Waals surface area contributed by atoms with Crippen LogP contribution in [0.3, 0.4) is 0 Å². The average Bonchev–Trinajstić information content (AvgIpc) is 0.954. The molecule has 1 aliphatic carbocycles. The third-order valence-corrected chi connectivity index (χ3v) is 15.3. The number of nitrogens with zero attached hydrogens (tertiary/aromatic N) is 1. The quantitative estimate of drug-likeness (QED) is 0.0274. The Morgan fingerprint density at radius 1 is 0.489 bits per heavy atom. The molecule has 4 fully saturated rings. The monoisotopic (exact) mass is 1290 g/mol. The topological polar surface area (TPSA) is 472 Å². The van der Waals surface area contributed by atoms with Gasteiger partial charge < -0.3 is 126 Å². The van der Waals surface area contributed by atoms with Gasteiger partial charge in [0.25, 0.3) is 0 Å². The van der Waals surface area contributed by atoms with Crippen LogP contribution >= 0.6 is 0 Å². The van der Waals surface area contributed by atoms with E-state index in [1.54, 1.807) is 24.3 Å². The summed E-state index contributed by atoms with van der Waals surface area (Å²) in [6, 6.07) is 2.44. The molecule has 16 atom stereocenters. The summed E-state index contributed by atoms with van der Waals surface area (Å²) >= 11 is 0. The zero-order chi connectivity index (χ0) is 65.7. The Labute approximate surface area is 521 Å². The van der Waals surface area contributed by atoms with Crippen molar-refractivity contribution in [1.82, 2.24) is 42.1 Å². The number of amides is 7. The molecule has 3 heterocycles. The molecule has 33 nitrogen and oxygen atoms in total. The molecule has 1 saturated carbocycles. The number of carbonyl (C=O) groups excluding carboxylic acids is 7. The molecule has 0 radical (unpaired) electrons. The summed E-state index contributed by atoms with van der Waals surface area (Å²) < 4.78 is 50.8. The number of rotatable bonds is 38. The van der Waals surface area contributed by atoms with Gasteiger partial charge in [-0.1, -0.05) is 43.5 Å². The minimum absolute atomic E-state index is 0.0148. The molecular weight excluding hydrogens is 1200 g/mol. The van der Waals surface area contributed by atoms with E-state index in [0.717, 1.165) is 37.7 Å². The zero-order valence-electron chi connectivity index (χ0n) is 51.1. The van der Waals surface area contributed by atoms with Crippen molar-refractivity contribution in [3.8, 4) is 0 Å². The highest BCUT2D eigenvalue weighted by Gasteiger charge is 2.48. The van der Waals surface area contributed by atoms with Crippen molar-refractivity contribution in [1.29, 1.82) is 0 Å². The fourth-order valence-corrected chi connectivity index (χ4v) is 10.6. The molecular formula is C57H94N8O25. The molecule has 1 aromatic carbocycles. The highest BCUT2D eigenvalue weighted by atomic mass is 16.7. The first-order valence-electron chi connectivity index (χ1n) is 30.3. The van der Waals surface area contributed by atoms with Gasteiger partial charge in [-0.2, -0.15) is 0 Å². The number of hydrogen-bond acceptors (Lipinski definition) is 26. The molecule has 3 saturated heterocycles. The second kappa shape index (κ2) is 40.0. The van der Waals surface area contributed by atoms with Gasteiger partial charge in [0, 0.05) is 52.9 Å². The fourth-order valence-electron chi connectivity index (χ4n) is 10.6. The lowest BCUT2D eigenvalue weighted by atomic mass is 9.88. The van der Waals surface area contributed by atoms with Crippen LogP contribution in [0.5, 0.6) is 0 Å². The lowest BCUT2D eigenvalue weighted by Gasteiger charge is -2.42. The Morgan fingerprint density at radius 2 is 0.856 bits per heavy atom. The second-order valence-corrected chi connectivity index (χ2v) is 22.2. The van der Waals surface area contributed by atoms with E-state index >= 15 is 0 Å². The van der Waals surface area contributed by atoms with Crippen LogP contribution in [0.4, 0.5) is 0 Å². The van der Waals surface area contributed by atoms with E-state index in [4.69, 9.17) is 42.6 Å². The van der Waals surface area contributed by atoms with Gasteiger partial charge in [0.15, 0.2) is 18.9 Å². The Kier molecular flexibility index (Phi) is 33.5. The summed E-state index contributed by atoms with van der Waals surface area (Å²) in [5.74, 6) is -3.50. The number of ether oxygens (including phenoxy) is 9. The lowest BCUT2D eigenvalue weighted by Crippen LogP contribution is -2.64. The molecule has 5 rings (SSSR count). The van der Waals surface area contributed by atoms with Gasteiger partial charge in [0.2, 0.25) is 41.4 Å². The van der Waals surface area contributed by atoms with Gasteiger partial charge in [-0.3, -0.25) is 38.5 Å². The Balaban J connectivity index is 1.23. The molecule has 33 heteroatoms. The van der Waals surface area contributed by atoms with Gasteiger partial charge in [-0.05, 0) is 30.4 Å². The van der Waals surface area contributed by atoms with Gasteiger partial charge in [-0.25, -0.2) is 0 Å². The first-order valence-corrected chi connectivity index (χ1v) is 30.3. The van der Waals surface area contributed by atoms with Crippen molar-refractivity contribution < 1.29 is 122 Å². The summed E-state index contributed by atoms with van der Waals surface area (Å²) in [6.07, 6.45) is -11.8. The average molecular weight is 1290 g/mol. The lowest BCUT2D eigenvalue weighted by molar-refractivity contribution is -0.272. The van der Waals surface area contributed by atoms with Crippen LogP contribution in [0.15, 0.2) is 24.3 Å². The van der Waals surface area contributed by atoms with E-state index in [1.807, 2.05) is 0 Å². The van der Waals surface area contributed by atoms with Crippen molar-refractivity contribution in [2.24, 2.45) is 5.92 Å². The normalized spacial score (nSPS) is 28.3. The molecule has 0 aromatic heterocycles. The summed E-state index contributed by atoms with van der Waals surface area (Å²) in [7, 11) is 0. The SMILES string of the molecule is CC(=O)NC1C(OCCOCCNC(=O)CN(CC(=O)NCCOCCOC2OC(CO)C(O)C(O)C2NC(C)=O)C(Cc2ccc(CNC(=O)C3CCCCC3)cc2)C(=O)NCCOCCOC2OC(CO)C(O)C(O)C2NC(C)=O)OC(CO)C(O)C1O. The Morgan fingerprint density at radius 3 is 1.22 bits per heavy atom. The van der Waals surface area contributed by atoms with E-state index in [2.05, 4.69) is 37.2 Å². The van der Waals surface area contributed by atoms with Crippen LogP contribution in [0.1, 0.15) is 64.0 Å². The molecule has 512 valence electrons. The van der Waals surface area contributed by atoms with Crippen LogP contribution in [0, 0.1) is 5.92 Å². The number of benzene rings is 1. The van der Waals surface area contributed by atoms with Crippen LogP contribution in [0.25, 0.3) is 0 Å². The first kappa shape index (κ1) is 75.5. The van der Waals surface area contributed by atoms with E-state index in [9.17, 15) is 79.5 Å². The van der Waals surface area contributed by atoms with Gasteiger partial charge in [-0.15, -0.1) is 0 Å². The minimum Gasteiger partial charge on any atom is -0.394 e. The van der Waals surface area contributed by atoms with E-state index < -0.39 is 166 Å². The number of aliphatic hydroxyl groups is 9. The molecule has 4 aliphatic rings. The maximum Gasteiger partial charge on any atom is 0.237 e. The van der Waals surface area contributed by atoms with Crippen LogP contribution in [-0.2, 0) is 89.2 Å². The summed E-state index contributed by atoms with van der Waals surface area (Å²) in [5.41, 5.74) is 1.42. The van der Waals surface area contributed by atoms with Crippen molar-refractivity contribution in [2.45, 2.75) is 164 Å². The summed E-state index contributed by atoms with van der Waals surface area (Å²) in [4.78, 5) is 92.0. The molecule has 16 unspecified atom stereocenters. The molecule has 7 amide bonds. The third-order valence-electron chi connectivity index (χ3n) is 15.3. The van der Waals surface area contributed by atoms with E-state index in [1.165, 1.54) is 25.7 Å². The smallest absolute Gasteiger partial charge is 0.237 e. The largest absolute Gasteiger partial charge is 0.394 e. The number of aliphatic hydroxyl groups excluding tert-OH is 9. The first-order chi connectivity index (χ1) is 43.1. The maximum atomic E-state index is 14.5. The van der Waals surface area contributed by atoms with Crippen LogP contribution in [0.2, 0.25) is 0 Å². The predicted molar refractivity (Wildman–Crippen MR) is 309 cm³/mol. The number of carbonyl (C=O) groups is 7. The zero-order valence-corrected chi connectivity index (χ0v) is 51.1. The number of hydrogen-bond donors (Lipinski definition) is 16. The van der Waals surface area contributed by atoms with Crippen molar-refractivity contribution in [3.63, 3.8) is 0 Å². The van der Waals surface area contributed by atoms with Crippen LogP contribution in [-0.4, -0.2) is 302 Å². The second-order valence-electron chi connectivity index (χ2n) is 22.2. The van der Waals surface area contributed by atoms with Gasteiger partial charge in [0.05, 0.1) is 98.4 Å². The molecule has 1 aromatic rings. The standard InChI is InChI=1S/C57H94N8O25/c1-32(69)62-44-50(77)47(74)39(29-66)88-55(44)85-22-19-82-16-13-58-42(72)27-65(28-43(73)59-14-17-83-20-23-86-56-45(63-33(2)70)51(78)48(75)40(30-67)89-56)38(25-35-9-11-36(12-10-35)26-61-53(80)37-7-5-4-6-8-37)54(81)60-15-18-84-21-24-87-57-46(64-34(3)71)52(79)49(76)41(31-68)90-57/h9-12,37-41,44-52,55-57,66-68,74-79H,4-8,13-31H2,1-3H3,(H,58,72)(H,59,73)(H,60,81)(H,61,80)(H,62,69)(H,63,70)(H,64,71). The number of nitrogens with one attached hydrogen (secondary N) is 7. The van der Waals surface area contributed by atoms with E-state index in [0.29, 0.717) is 5.56 Å². The molecule has 0 bridgehead atoms. The highest BCUT2D eigenvalue weighted by molar-refractivity contribution is 5.86. The van der Waals surface area contributed by atoms with Crippen LogP contribution < -0.4 is 37.2 Å². The highest BCUT2D eigenvalue weighted by Crippen LogP contribution is 2.26. The predicted octanol–water partition coefficient (Wildman–Crippen LogP) is -7.62. The van der Waals surface area contributed by atoms with E-state index in [-0.39, 0.29) is 104 Å². The molecule has 0 spiro atoms. The van der Waals surface area contributed by atoms with Crippen molar-refractivity contribution >= 4 is 41.4 Å². The third kappa shape index (κ3) is 24.7. The summed E-state index contributed by atoms with van der Waals surface area (Å²) in [6.45, 7) is -0.0643. The Hall–Kier alpha value is -5.25. The van der Waals surface area contributed by atoms with Crippen molar-refractivity contribution in [3.05, 3.63) is 35.4 Å². The Bertz CT molecular complexity index is 2270. The van der Waals surface area contributed by atoms with Crippen molar-refractivity contribution in [2.75, 3.05) is 112 Å². The molecule has 16 N–H and O–H groups in total. The molecule has 90 heavy (non-hydrogen) atoms. The summed E-state index contributed by atoms with van der Waals surface area (Å²) in [5, 5.41) is 110. The minimum atomic E-state index is -1.53. The fraction of sp³-hybridized carbons (Fsp3) is 0.772. The maximum absolute atomic E-state index is 14.5. The van der Waals surface area contributed by atoms with Gasteiger partial charge in [0.1, 0.15) is 73.1 Å². The van der Waals surface area contributed by atoms with Gasteiger partial charge >= 0.3 is 0 Å².